The maximum atomic E-state index is 5.88. The molecule has 2 aliphatic rings. The van der Waals surface area contributed by atoms with E-state index in [0.29, 0.717) is 6.10 Å². The van der Waals surface area contributed by atoms with Crippen molar-refractivity contribution in [3.05, 3.63) is 0 Å². The molecule has 0 bridgehead atoms. The van der Waals surface area contributed by atoms with Gasteiger partial charge in [0.15, 0.2) is 0 Å². The van der Waals surface area contributed by atoms with E-state index in [1.165, 1.54) is 51.4 Å². The Morgan fingerprint density at radius 2 is 1.64 bits per heavy atom. The minimum absolute atomic E-state index is 0.568. The molecule has 2 saturated carbocycles. The lowest BCUT2D eigenvalue weighted by Gasteiger charge is -2.15. The van der Waals surface area contributed by atoms with E-state index in [1.807, 2.05) is 0 Å². The van der Waals surface area contributed by atoms with E-state index in [4.69, 9.17) is 4.74 Å². The van der Waals surface area contributed by atoms with Crippen LogP contribution in [0.15, 0.2) is 0 Å². The molecule has 0 aromatic rings. The highest BCUT2D eigenvalue weighted by atomic mass is 16.5. The van der Waals surface area contributed by atoms with E-state index in [-0.39, 0.29) is 0 Å². The summed E-state index contributed by atoms with van der Waals surface area (Å²) in [6.07, 6.45) is 11.5. The smallest absolute Gasteiger partial charge is 0.0594 e. The zero-order valence-corrected chi connectivity index (χ0v) is 9.13. The molecular weight excluding hydrogens is 174 g/mol. The molecule has 0 aromatic heterocycles. The Morgan fingerprint density at radius 3 is 2.29 bits per heavy atom. The first-order valence-corrected chi connectivity index (χ1v) is 6.30. The third-order valence-electron chi connectivity index (χ3n) is 3.27. The Morgan fingerprint density at radius 1 is 0.929 bits per heavy atom. The summed E-state index contributed by atoms with van der Waals surface area (Å²) in [7, 11) is 0. The predicted octanol–water partition coefficient (Wildman–Crippen LogP) is 2.48. The van der Waals surface area contributed by atoms with Gasteiger partial charge in [-0.2, -0.15) is 0 Å². The lowest BCUT2D eigenvalue weighted by Crippen LogP contribution is -2.24. The van der Waals surface area contributed by atoms with E-state index in [0.717, 1.165) is 19.2 Å². The van der Waals surface area contributed by atoms with Crippen LogP contribution >= 0.6 is 0 Å². The molecule has 2 aliphatic carbocycles. The molecule has 0 aromatic carbocycles. The molecule has 82 valence electrons. The highest BCUT2D eigenvalue weighted by Gasteiger charge is 2.20. The normalized spacial score (nSPS) is 24.9. The van der Waals surface area contributed by atoms with Crippen molar-refractivity contribution in [2.45, 2.75) is 63.5 Å². The van der Waals surface area contributed by atoms with Crippen LogP contribution in [0.4, 0.5) is 0 Å². The lowest BCUT2D eigenvalue weighted by atomic mass is 10.1. The summed E-state index contributed by atoms with van der Waals surface area (Å²) in [6.45, 7) is 1.97. The van der Waals surface area contributed by atoms with Gasteiger partial charge < -0.3 is 10.1 Å². The maximum Gasteiger partial charge on any atom is 0.0594 e. The molecule has 1 N–H and O–H groups in total. The molecule has 14 heavy (non-hydrogen) atoms. The summed E-state index contributed by atoms with van der Waals surface area (Å²) in [4.78, 5) is 0. The molecule has 0 spiro atoms. The fourth-order valence-electron chi connectivity index (χ4n) is 2.18. The number of ether oxygens (including phenoxy) is 1. The second-order valence-electron chi connectivity index (χ2n) is 4.71. The van der Waals surface area contributed by atoms with Gasteiger partial charge in [-0.3, -0.25) is 0 Å². The molecule has 2 nitrogen and oxygen atoms in total. The third kappa shape index (κ3) is 3.97. The van der Waals surface area contributed by atoms with Crippen molar-refractivity contribution in [2.24, 2.45) is 0 Å². The van der Waals surface area contributed by atoms with Crippen LogP contribution in [0.3, 0.4) is 0 Å². The Balaban J connectivity index is 1.49. The van der Waals surface area contributed by atoms with Crippen LogP contribution in [0.2, 0.25) is 0 Å². The van der Waals surface area contributed by atoms with Crippen LogP contribution in [0.5, 0.6) is 0 Å². The van der Waals surface area contributed by atoms with Gasteiger partial charge in [-0.25, -0.2) is 0 Å². The Kier molecular flexibility index (Phi) is 4.26. The van der Waals surface area contributed by atoms with Gasteiger partial charge in [0.1, 0.15) is 0 Å². The molecule has 0 heterocycles. The van der Waals surface area contributed by atoms with Crippen molar-refractivity contribution in [1.29, 1.82) is 0 Å². The van der Waals surface area contributed by atoms with Gasteiger partial charge in [0.25, 0.3) is 0 Å². The molecule has 2 heteroatoms. The number of nitrogens with one attached hydrogen (secondary N) is 1. The predicted molar refractivity (Wildman–Crippen MR) is 58.5 cm³/mol. The molecule has 2 rings (SSSR count). The molecule has 0 atom stereocenters. The van der Waals surface area contributed by atoms with E-state index >= 15 is 0 Å². The van der Waals surface area contributed by atoms with Gasteiger partial charge in [-0.1, -0.05) is 25.7 Å². The van der Waals surface area contributed by atoms with Gasteiger partial charge >= 0.3 is 0 Å². The van der Waals surface area contributed by atoms with Gasteiger partial charge in [0, 0.05) is 12.6 Å². The Labute approximate surface area is 87.4 Å². The SMILES string of the molecule is C1CCCC(OCCNC2CC2)CC1. The minimum atomic E-state index is 0.568. The topological polar surface area (TPSA) is 21.3 Å². The maximum absolute atomic E-state index is 5.88. The first kappa shape index (κ1) is 10.4. The van der Waals surface area contributed by atoms with Gasteiger partial charge in [-0.05, 0) is 25.7 Å². The highest BCUT2D eigenvalue weighted by molar-refractivity contribution is 4.80. The van der Waals surface area contributed by atoms with Crippen LogP contribution < -0.4 is 5.32 Å². The molecule has 0 unspecified atom stereocenters. The van der Waals surface area contributed by atoms with Crippen molar-refractivity contribution in [2.75, 3.05) is 13.2 Å². The van der Waals surface area contributed by atoms with Crippen molar-refractivity contribution in [3.63, 3.8) is 0 Å². The van der Waals surface area contributed by atoms with Crippen molar-refractivity contribution >= 4 is 0 Å². The first-order valence-electron chi connectivity index (χ1n) is 6.30. The standard InChI is InChI=1S/C12H23NO/c1-2-4-6-12(5-3-1)14-10-9-13-11-7-8-11/h11-13H,1-10H2. The number of hydrogen-bond acceptors (Lipinski definition) is 2. The van der Waals surface area contributed by atoms with Crippen LogP contribution in [-0.2, 0) is 4.74 Å². The average Bonchev–Trinajstić information content (AvgIpc) is 3.01. The quantitative estimate of drug-likeness (QED) is 0.540. The van der Waals surface area contributed by atoms with Crippen LogP contribution in [0.1, 0.15) is 51.4 Å². The summed E-state index contributed by atoms with van der Waals surface area (Å²) < 4.78 is 5.88. The van der Waals surface area contributed by atoms with E-state index in [2.05, 4.69) is 5.32 Å². The number of rotatable bonds is 5. The van der Waals surface area contributed by atoms with E-state index in [1.54, 1.807) is 0 Å². The first-order chi connectivity index (χ1) is 6.95. The summed E-state index contributed by atoms with van der Waals surface area (Å²) in [5.74, 6) is 0. The molecule has 0 radical (unpaired) electrons. The van der Waals surface area contributed by atoms with Crippen molar-refractivity contribution in [3.8, 4) is 0 Å². The average molecular weight is 197 g/mol. The largest absolute Gasteiger partial charge is 0.377 e. The second-order valence-corrected chi connectivity index (χ2v) is 4.71. The number of hydrogen-bond donors (Lipinski definition) is 1. The van der Waals surface area contributed by atoms with Gasteiger partial charge in [0.2, 0.25) is 0 Å². The fraction of sp³-hybridized carbons (Fsp3) is 1.00. The van der Waals surface area contributed by atoms with Gasteiger partial charge in [-0.15, -0.1) is 0 Å². The summed E-state index contributed by atoms with van der Waals surface area (Å²) in [5.41, 5.74) is 0. The van der Waals surface area contributed by atoms with Crippen molar-refractivity contribution < 1.29 is 4.74 Å². The molecule has 0 saturated heterocycles. The van der Waals surface area contributed by atoms with E-state index < -0.39 is 0 Å². The minimum Gasteiger partial charge on any atom is -0.377 e. The van der Waals surface area contributed by atoms with E-state index in [9.17, 15) is 0 Å². The Hall–Kier alpha value is -0.0800. The van der Waals surface area contributed by atoms with Crippen LogP contribution in [-0.4, -0.2) is 25.3 Å². The molecule has 0 amide bonds. The van der Waals surface area contributed by atoms with Gasteiger partial charge in [0.05, 0.1) is 12.7 Å². The summed E-state index contributed by atoms with van der Waals surface area (Å²) >= 11 is 0. The zero-order chi connectivity index (χ0) is 9.64. The van der Waals surface area contributed by atoms with Crippen LogP contribution in [0, 0.1) is 0 Å². The molecular formula is C12H23NO. The fourth-order valence-corrected chi connectivity index (χ4v) is 2.18. The zero-order valence-electron chi connectivity index (χ0n) is 9.13. The molecule has 2 fully saturated rings. The highest BCUT2D eigenvalue weighted by Crippen LogP contribution is 2.20. The summed E-state index contributed by atoms with van der Waals surface area (Å²) in [6, 6.07) is 0.827. The summed E-state index contributed by atoms with van der Waals surface area (Å²) in [5, 5.41) is 3.49. The Bertz CT molecular complexity index is 148. The second kappa shape index (κ2) is 5.72. The van der Waals surface area contributed by atoms with Crippen molar-refractivity contribution in [1.82, 2.24) is 5.32 Å². The van der Waals surface area contributed by atoms with Crippen LogP contribution in [0.25, 0.3) is 0 Å². The third-order valence-corrected chi connectivity index (χ3v) is 3.27. The monoisotopic (exact) mass is 197 g/mol. The molecule has 0 aliphatic heterocycles. The lowest BCUT2D eigenvalue weighted by molar-refractivity contribution is 0.0450.